The lowest BCUT2D eigenvalue weighted by Crippen LogP contribution is -2.63. The highest BCUT2D eigenvalue weighted by Gasteiger charge is 2.50. The molecule has 0 spiro atoms. The summed E-state index contributed by atoms with van der Waals surface area (Å²) in [4.78, 5) is 12.4. The molecule has 1 unspecified atom stereocenters. The lowest BCUT2D eigenvalue weighted by atomic mass is 9.91. The van der Waals surface area contributed by atoms with Crippen molar-refractivity contribution in [2.45, 2.75) is 139 Å². The van der Waals surface area contributed by atoms with Gasteiger partial charge >= 0.3 is 5.97 Å². The van der Waals surface area contributed by atoms with Crippen LogP contribution in [-0.2, 0) is 28.5 Å². The maximum absolute atomic E-state index is 12.4. The van der Waals surface area contributed by atoms with Crippen LogP contribution in [0.25, 0.3) is 0 Å². The Balaban J connectivity index is 1.71. The molecule has 7 N–H and O–H groups in total. The molecule has 2 aliphatic heterocycles. The van der Waals surface area contributed by atoms with E-state index >= 15 is 0 Å². The van der Waals surface area contributed by atoms with Gasteiger partial charge < -0.3 is 59.4 Å². The molecule has 0 radical (unpaired) electrons. The molecule has 2 fully saturated rings. The molecule has 0 amide bonds. The lowest BCUT2D eigenvalue weighted by Gasteiger charge is -2.46. The van der Waals surface area contributed by atoms with E-state index in [1.54, 1.807) is 6.92 Å². The Kier molecular flexibility index (Phi) is 22.0. The van der Waals surface area contributed by atoms with Crippen molar-refractivity contribution in [1.29, 1.82) is 0 Å². The van der Waals surface area contributed by atoms with E-state index < -0.39 is 93.1 Å². The van der Waals surface area contributed by atoms with E-state index in [0.717, 1.165) is 25.7 Å². The number of aliphatic hydroxyl groups is 7. The highest BCUT2D eigenvalue weighted by molar-refractivity contribution is 5.69. The minimum Gasteiger partial charge on any atom is -0.457 e. The number of esters is 1. The summed E-state index contributed by atoms with van der Waals surface area (Å²) in [6.45, 7) is 1.68. The molecule has 282 valence electrons. The van der Waals surface area contributed by atoms with Crippen molar-refractivity contribution in [2.24, 2.45) is 5.92 Å². The number of ether oxygens (including phenoxy) is 5. The molecule has 0 bridgehead atoms. The first-order chi connectivity index (χ1) is 23.7. The van der Waals surface area contributed by atoms with Crippen molar-refractivity contribution in [2.75, 3.05) is 26.4 Å². The summed E-state index contributed by atoms with van der Waals surface area (Å²) < 4.78 is 27.5. The number of aliphatic hydroxyl groups excluding tert-OH is 7. The highest BCUT2D eigenvalue weighted by Crippen LogP contribution is 2.31. The number of allylic oxidation sites excluding steroid dienone is 8. The number of carbonyl (C=O) groups is 1. The predicted molar refractivity (Wildman–Crippen MR) is 181 cm³/mol. The number of carbonyl (C=O) groups excluding carboxylic acids is 1. The molecule has 13 heteroatoms. The molecule has 49 heavy (non-hydrogen) atoms. The molecule has 13 nitrogen and oxygen atoms in total. The van der Waals surface area contributed by atoms with Crippen molar-refractivity contribution in [3.05, 3.63) is 48.6 Å². The fourth-order valence-corrected chi connectivity index (χ4v) is 5.39. The number of hydrogen-bond donors (Lipinski definition) is 7. The van der Waals surface area contributed by atoms with Crippen molar-refractivity contribution < 1.29 is 64.2 Å². The SMILES string of the molecule is CCCCC/C=C\C/C=C\C/C=C\C/C=C\CCCC(=O)OC(CO)CO[C@@H]1O[C@H](CO)[C@@H](O)[C@H](O[C@@H]2O[C@H](CO)[C@@H](C)[C@H](O)[C@H]2O)[C@H]1O. The van der Waals surface area contributed by atoms with Gasteiger partial charge in [-0.15, -0.1) is 0 Å². The summed E-state index contributed by atoms with van der Waals surface area (Å²) in [5, 5.41) is 71.4. The van der Waals surface area contributed by atoms with Crippen molar-refractivity contribution in [3.8, 4) is 0 Å². The third-order valence-corrected chi connectivity index (χ3v) is 8.51. The molecule has 2 saturated heterocycles. The Morgan fingerprint density at radius 1 is 0.714 bits per heavy atom. The van der Waals surface area contributed by atoms with Crippen LogP contribution in [0.2, 0.25) is 0 Å². The summed E-state index contributed by atoms with van der Waals surface area (Å²) in [6.07, 6.45) is 12.0. The van der Waals surface area contributed by atoms with E-state index in [-0.39, 0.29) is 13.0 Å². The van der Waals surface area contributed by atoms with Crippen LogP contribution in [-0.4, -0.2) is 130 Å². The first-order valence-corrected chi connectivity index (χ1v) is 17.6. The van der Waals surface area contributed by atoms with Crippen LogP contribution in [0.15, 0.2) is 48.6 Å². The second-order valence-electron chi connectivity index (χ2n) is 12.5. The molecule has 2 heterocycles. The van der Waals surface area contributed by atoms with Gasteiger partial charge in [0.15, 0.2) is 12.6 Å². The first kappa shape index (κ1) is 43.2. The molecule has 0 saturated carbocycles. The van der Waals surface area contributed by atoms with E-state index in [1.807, 2.05) is 12.2 Å². The Hall–Kier alpha value is -2.01. The second-order valence-corrected chi connectivity index (χ2v) is 12.5. The fourth-order valence-electron chi connectivity index (χ4n) is 5.39. The van der Waals surface area contributed by atoms with Crippen LogP contribution < -0.4 is 0 Å². The average Bonchev–Trinajstić information content (AvgIpc) is 3.10. The van der Waals surface area contributed by atoms with E-state index in [9.17, 15) is 40.5 Å². The zero-order valence-electron chi connectivity index (χ0n) is 28.9. The fraction of sp³-hybridized carbons (Fsp3) is 0.750. The maximum atomic E-state index is 12.4. The molecule has 0 aliphatic carbocycles. The van der Waals surface area contributed by atoms with Crippen molar-refractivity contribution >= 4 is 5.97 Å². The van der Waals surface area contributed by atoms with Crippen molar-refractivity contribution in [1.82, 2.24) is 0 Å². The van der Waals surface area contributed by atoms with Crippen LogP contribution in [0.1, 0.15) is 78.1 Å². The smallest absolute Gasteiger partial charge is 0.306 e. The molecule has 2 rings (SSSR count). The van der Waals surface area contributed by atoms with Gasteiger partial charge in [-0.05, 0) is 44.9 Å². The minimum absolute atomic E-state index is 0.120. The van der Waals surface area contributed by atoms with Gasteiger partial charge in [-0.2, -0.15) is 0 Å². The molecule has 0 aromatic heterocycles. The Morgan fingerprint density at radius 2 is 1.29 bits per heavy atom. The Labute approximate surface area is 290 Å². The number of hydrogen-bond acceptors (Lipinski definition) is 13. The van der Waals surface area contributed by atoms with E-state index in [1.165, 1.54) is 19.3 Å². The first-order valence-electron chi connectivity index (χ1n) is 17.6. The topological polar surface area (TPSA) is 205 Å². The van der Waals surface area contributed by atoms with Gasteiger partial charge in [0.1, 0.15) is 36.6 Å². The van der Waals surface area contributed by atoms with Crippen LogP contribution in [0.5, 0.6) is 0 Å². The normalized spacial score (nSPS) is 31.8. The van der Waals surface area contributed by atoms with Gasteiger partial charge in [0.2, 0.25) is 0 Å². The Bertz CT molecular complexity index is 999. The summed E-state index contributed by atoms with van der Waals surface area (Å²) in [7, 11) is 0. The molecular weight excluding hydrogens is 640 g/mol. The zero-order chi connectivity index (χ0) is 36.0. The van der Waals surface area contributed by atoms with E-state index in [2.05, 4.69) is 43.4 Å². The third kappa shape index (κ3) is 15.4. The summed E-state index contributed by atoms with van der Waals surface area (Å²) in [5.41, 5.74) is 0. The lowest BCUT2D eigenvalue weighted by molar-refractivity contribution is -0.357. The number of rotatable bonds is 23. The van der Waals surface area contributed by atoms with Gasteiger partial charge in [-0.25, -0.2) is 0 Å². The van der Waals surface area contributed by atoms with Gasteiger partial charge in [0, 0.05) is 12.3 Å². The number of unbranched alkanes of at least 4 members (excludes halogenated alkanes) is 4. The zero-order valence-corrected chi connectivity index (χ0v) is 28.9. The minimum atomic E-state index is -1.68. The molecule has 0 aromatic carbocycles. The van der Waals surface area contributed by atoms with E-state index in [0.29, 0.717) is 12.8 Å². The third-order valence-electron chi connectivity index (χ3n) is 8.51. The van der Waals surface area contributed by atoms with Crippen molar-refractivity contribution in [3.63, 3.8) is 0 Å². The summed E-state index contributed by atoms with van der Waals surface area (Å²) >= 11 is 0. The Morgan fingerprint density at radius 3 is 1.86 bits per heavy atom. The van der Waals surface area contributed by atoms with Gasteiger partial charge in [0.05, 0.1) is 38.6 Å². The summed E-state index contributed by atoms with van der Waals surface area (Å²) in [5.74, 6) is -1.16. The molecule has 0 aromatic rings. The van der Waals surface area contributed by atoms with Gasteiger partial charge in [0.25, 0.3) is 0 Å². The predicted octanol–water partition coefficient (Wildman–Crippen LogP) is 1.95. The average molecular weight is 701 g/mol. The largest absolute Gasteiger partial charge is 0.457 e. The van der Waals surface area contributed by atoms with Crippen LogP contribution in [0.4, 0.5) is 0 Å². The van der Waals surface area contributed by atoms with Gasteiger partial charge in [-0.3, -0.25) is 4.79 Å². The molecule has 11 atom stereocenters. The van der Waals surface area contributed by atoms with Crippen LogP contribution in [0, 0.1) is 5.92 Å². The second kappa shape index (κ2) is 25.0. The van der Waals surface area contributed by atoms with Crippen LogP contribution >= 0.6 is 0 Å². The monoisotopic (exact) mass is 700 g/mol. The summed E-state index contributed by atoms with van der Waals surface area (Å²) in [6, 6.07) is 0. The highest BCUT2D eigenvalue weighted by atomic mass is 16.7. The maximum Gasteiger partial charge on any atom is 0.306 e. The van der Waals surface area contributed by atoms with Crippen LogP contribution in [0.3, 0.4) is 0 Å². The standard InChI is InChI=1S/C36H60O13/c1-3-4-5-6-7-8-9-10-11-12-13-14-15-16-17-18-19-20-29(40)46-26(21-37)24-45-35-33(44)34(31(42)28(23-39)48-35)49-36-32(43)30(41)25(2)27(22-38)47-36/h7-8,10-11,13-14,16-17,25-28,30-39,41-44H,3-6,9,12,15,18-24H2,1-2H3/b8-7-,11-10-,14-13-,17-16-/t25-,26?,27-,28-,30+,31-,32-,33-,34+,35-,36+/m1/s1. The van der Waals surface area contributed by atoms with Gasteiger partial charge in [-0.1, -0.05) is 75.3 Å². The molecular formula is C36H60O13. The molecule has 2 aliphatic rings. The van der Waals surface area contributed by atoms with E-state index in [4.69, 9.17) is 23.7 Å². The quantitative estimate of drug-likeness (QED) is 0.0463.